The fourth-order valence-corrected chi connectivity index (χ4v) is 3.72. The van der Waals surface area contributed by atoms with Crippen LogP contribution < -0.4 is 10.2 Å². The van der Waals surface area contributed by atoms with E-state index in [2.05, 4.69) is 5.32 Å². The van der Waals surface area contributed by atoms with Gasteiger partial charge in [0.1, 0.15) is 0 Å². The molecule has 1 aliphatic heterocycles. The van der Waals surface area contributed by atoms with Crippen molar-refractivity contribution >= 4 is 40.6 Å². The number of carbonyl (C=O) groups is 2. The first-order valence-electron chi connectivity index (χ1n) is 8.03. The number of nitro groups is 1. The fourth-order valence-electron chi connectivity index (χ4n) is 2.78. The molecule has 26 heavy (non-hydrogen) atoms. The van der Waals surface area contributed by atoms with Gasteiger partial charge in [-0.1, -0.05) is 18.2 Å². The van der Waals surface area contributed by atoms with Gasteiger partial charge in [-0.05, 0) is 25.1 Å². The minimum absolute atomic E-state index is 0.0342. The highest BCUT2D eigenvalue weighted by atomic mass is 32.2. The molecule has 0 unspecified atom stereocenters. The van der Waals surface area contributed by atoms with Crippen molar-refractivity contribution in [3.05, 3.63) is 58.1 Å². The number of amides is 2. The van der Waals surface area contributed by atoms with E-state index in [1.807, 2.05) is 24.3 Å². The molecule has 2 aromatic rings. The molecule has 1 heterocycles. The van der Waals surface area contributed by atoms with Crippen LogP contribution in [-0.4, -0.2) is 29.0 Å². The zero-order chi connectivity index (χ0) is 18.7. The second-order valence-corrected chi connectivity index (χ2v) is 6.82. The molecule has 0 spiro atoms. The molecule has 0 bridgehead atoms. The molecule has 0 fully saturated rings. The summed E-state index contributed by atoms with van der Waals surface area (Å²) >= 11 is 1.49. The van der Waals surface area contributed by atoms with Crippen molar-refractivity contribution in [1.82, 2.24) is 0 Å². The number of fused-ring (bicyclic) bond motifs is 1. The van der Waals surface area contributed by atoms with Gasteiger partial charge in [-0.3, -0.25) is 19.7 Å². The molecule has 0 saturated carbocycles. The van der Waals surface area contributed by atoms with Gasteiger partial charge in [-0.25, -0.2) is 0 Å². The van der Waals surface area contributed by atoms with Gasteiger partial charge in [0, 0.05) is 23.9 Å². The molecule has 7 nitrogen and oxygen atoms in total. The highest BCUT2D eigenvalue weighted by Gasteiger charge is 2.24. The van der Waals surface area contributed by atoms with Gasteiger partial charge < -0.3 is 10.2 Å². The Kier molecular flexibility index (Phi) is 5.22. The third kappa shape index (κ3) is 3.70. The van der Waals surface area contributed by atoms with E-state index in [0.717, 1.165) is 10.6 Å². The van der Waals surface area contributed by atoms with E-state index >= 15 is 0 Å². The van der Waals surface area contributed by atoms with Gasteiger partial charge in [0.05, 0.1) is 27.6 Å². The Morgan fingerprint density at radius 1 is 1.27 bits per heavy atom. The van der Waals surface area contributed by atoms with Crippen molar-refractivity contribution < 1.29 is 14.5 Å². The Morgan fingerprint density at radius 3 is 2.81 bits per heavy atom. The van der Waals surface area contributed by atoms with Gasteiger partial charge in [0.15, 0.2) is 0 Å². The van der Waals surface area contributed by atoms with Gasteiger partial charge in [-0.15, -0.1) is 11.8 Å². The SMILES string of the molecule is Cc1c(NC(=O)CCN2C(=O)CSc3ccccc32)cccc1[N+](=O)[O-]. The monoisotopic (exact) mass is 371 g/mol. The van der Waals surface area contributed by atoms with Gasteiger partial charge >= 0.3 is 0 Å². The van der Waals surface area contributed by atoms with Gasteiger partial charge in [0.25, 0.3) is 5.69 Å². The fraction of sp³-hybridized carbons (Fsp3) is 0.222. The summed E-state index contributed by atoms with van der Waals surface area (Å²) in [6.07, 6.45) is 0.104. The highest BCUT2D eigenvalue weighted by Crippen LogP contribution is 2.35. The maximum absolute atomic E-state index is 12.3. The van der Waals surface area contributed by atoms with E-state index in [1.165, 1.54) is 23.9 Å². The zero-order valence-electron chi connectivity index (χ0n) is 14.1. The summed E-state index contributed by atoms with van der Waals surface area (Å²) in [5, 5.41) is 13.7. The molecule has 8 heteroatoms. The number of benzene rings is 2. The number of carbonyl (C=O) groups excluding carboxylic acids is 2. The molecule has 0 atom stereocenters. The molecule has 2 amide bonds. The second kappa shape index (κ2) is 7.57. The van der Waals surface area contributed by atoms with Gasteiger partial charge in [0.2, 0.25) is 11.8 Å². The molecule has 0 aromatic heterocycles. The molecule has 134 valence electrons. The zero-order valence-corrected chi connectivity index (χ0v) is 14.9. The summed E-state index contributed by atoms with van der Waals surface area (Å²) in [6, 6.07) is 12.1. The van der Waals surface area contributed by atoms with Crippen molar-refractivity contribution in [3.63, 3.8) is 0 Å². The summed E-state index contributed by atoms with van der Waals surface area (Å²) in [5.41, 5.74) is 1.58. The summed E-state index contributed by atoms with van der Waals surface area (Å²) < 4.78 is 0. The van der Waals surface area contributed by atoms with Gasteiger partial charge in [-0.2, -0.15) is 0 Å². The minimum atomic E-state index is -0.480. The lowest BCUT2D eigenvalue weighted by atomic mass is 10.1. The van der Waals surface area contributed by atoms with E-state index < -0.39 is 4.92 Å². The summed E-state index contributed by atoms with van der Waals surface area (Å²) in [7, 11) is 0. The van der Waals surface area contributed by atoms with Crippen LogP contribution in [0.25, 0.3) is 0 Å². The Labute approximate surface area is 154 Å². The predicted molar refractivity (Wildman–Crippen MR) is 101 cm³/mol. The Balaban J connectivity index is 1.68. The average Bonchev–Trinajstić information content (AvgIpc) is 2.62. The number of nitrogens with zero attached hydrogens (tertiary/aromatic N) is 2. The van der Waals surface area contributed by atoms with E-state index in [-0.39, 0.29) is 30.5 Å². The van der Waals surface area contributed by atoms with Crippen LogP contribution in [0.5, 0.6) is 0 Å². The number of para-hydroxylation sites is 1. The number of thioether (sulfide) groups is 1. The molecular formula is C18H17N3O4S. The summed E-state index contributed by atoms with van der Waals surface area (Å²) in [4.78, 5) is 37.6. The molecular weight excluding hydrogens is 354 g/mol. The summed E-state index contributed by atoms with van der Waals surface area (Å²) in [5.74, 6) is 0.0212. The first-order chi connectivity index (χ1) is 12.5. The minimum Gasteiger partial charge on any atom is -0.326 e. The number of nitrogens with one attached hydrogen (secondary N) is 1. The molecule has 0 aliphatic carbocycles. The molecule has 1 N–H and O–H groups in total. The molecule has 0 radical (unpaired) electrons. The number of nitro benzene ring substituents is 1. The molecule has 3 rings (SSSR count). The van der Waals surface area contributed by atoms with E-state index in [4.69, 9.17) is 0 Å². The average molecular weight is 371 g/mol. The summed E-state index contributed by atoms with van der Waals surface area (Å²) in [6.45, 7) is 1.85. The third-order valence-corrected chi connectivity index (χ3v) is 5.19. The van der Waals surface area contributed by atoms with Crippen LogP contribution in [0.2, 0.25) is 0 Å². The van der Waals surface area contributed by atoms with Crippen LogP contribution >= 0.6 is 11.8 Å². The number of hydrogen-bond donors (Lipinski definition) is 1. The maximum atomic E-state index is 12.3. The second-order valence-electron chi connectivity index (χ2n) is 5.81. The van der Waals surface area contributed by atoms with Crippen LogP contribution in [0.15, 0.2) is 47.4 Å². The van der Waals surface area contributed by atoms with E-state index in [9.17, 15) is 19.7 Å². The first-order valence-corrected chi connectivity index (χ1v) is 9.02. The van der Waals surface area contributed by atoms with Crippen LogP contribution in [0.1, 0.15) is 12.0 Å². The predicted octanol–water partition coefficient (Wildman–Crippen LogP) is 3.37. The lowest BCUT2D eigenvalue weighted by molar-refractivity contribution is -0.385. The lowest BCUT2D eigenvalue weighted by Crippen LogP contribution is -2.37. The van der Waals surface area contributed by atoms with Crippen molar-refractivity contribution in [1.29, 1.82) is 0 Å². The number of hydrogen-bond acceptors (Lipinski definition) is 5. The van der Waals surface area contributed by atoms with E-state index in [1.54, 1.807) is 17.9 Å². The number of rotatable bonds is 5. The standard InChI is InChI=1S/C18H17N3O4S/c1-12-13(5-4-7-14(12)21(24)25)19-17(22)9-10-20-15-6-2-3-8-16(15)26-11-18(20)23/h2-8H,9-11H2,1H3,(H,19,22). The van der Waals surface area contributed by atoms with Crippen LogP contribution in [0.3, 0.4) is 0 Å². The lowest BCUT2D eigenvalue weighted by Gasteiger charge is -2.28. The first kappa shape index (κ1) is 17.9. The highest BCUT2D eigenvalue weighted by molar-refractivity contribution is 8.00. The van der Waals surface area contributed by atoms with E-state index in [0.29, 0.717) is 17.0 Å². The van der Waals surface area contributed by atoms with Crippen molar-refractivity contribution in [2.45, 2.75) is 18.2 Å². The third-order valence-electron chi connectivity index (χ3n) is 4.15. The van der Waals surface area contributed by atoms with Crippen LogP contribution in [0, 0.1) is 17.0 Å². The Hall–Kier alpha value is -2.87. The van der Waals surface area contributed by atoms with Crippen molar-refractivity contribution in [2.75, 3.05) is 22.5 Å². The quantitative estimate of drug-likeness (QED) is 0.642. The van der Waals surface area contributed by atoms with Crippen LogP contribution in [0.4, 0.5) is 17.1 Å². The number of anilines is 2. The Bertz CT molecular complexity index is 884. The smallest absolute Gasteiger partial charge is 0.274 e. The van der Waals surface area contributed by atoms with Crippen molar-refractivity contribution in [3.8, 4) is 0 Å². The molecule has 2 aromatic carbocycles. The Morgan fingerprint density at radius 2 is 2.04 bits per heavy atom. The maximum Gasteiger partial charge on any atom is 0.274 e. The van der Waals surface area contributed by atoms with Crippen LogP contribution in [-0.2, 0) is 9.59 Å². The van der Waals surface area contributed by atoms with Crippen molar-refractivity contribution in [2.24, 2.45) is 0 Å². The largest absolute Gasteiger partial charge is 0.326 e. The normalized spacial score (nSPS) is 13.3. The topological polar surface area (TPSA) is 92.6 Å². The molecule has 1 aliphatic rings. The molecule has 0 saturated heterocycles.